The molecule has 0 spiro atoms. The van der Waals surface area contributed by atoms with Crippen molar-refractivity contribution in [2.75, 3.05) is 6.61 Å². The van der Waals surface area contributed by atoms with Crippen molar-refractivity contribution in [2.24, 2.45) is 0 Å². The quantitative estimate of drug-likeness (QED) is 0.548. The molecule has 1 saturated heterocycles. The average molecular weight is 429 g/mol. The van der Waals surface area contributed by atoms with Crippen molar-refractivity contribution >= 4 is 6.08 Å². The monoisotopic (exact) mass is 428 g/mol. The molecule has 6 heteroatoms. The third-order valence-corrected chi connectivity index (χ3v) is 5.73. The number of nitrogens with zero attached hydrogens (tertiary/aromatic N) is 1. The summed E-state index contributed by atoms with van der Waals surface area (Å²) >= 11 is 0. The summed E-state index contributed by atoms with van der Waals surface area (Å²) in [6, 6.07) is 6.53. The van der Waals surface area contributed by atoms with Crippen LogP contribution in [0.15, 0.2) is 24.3 Å². The van der Waals surface area contributed by atoms with Gasteiger partial charge in [-0.3, -0.25) is 5.10 Å². The normalized spacial score (nSPS) is 21.8. The number of aliphatic hydroxyl groups is 2. The number of benzene rings is 1. The van der Waals surface area contributed by atoms with E-state index in [-0.39, 0.29) is 12.5 Å². The van der Waals surface area contributed by atoms with E-state index in [0.29, 0.717) is 25.1 Å². The van der Waals surface area contributed by atoms with E-state index in [1.54, 1.807) is 0 Å². The lowest BCUT2D eigenvalue weighted by molar-refractivity contribution is -0.185. The van der Waals surface area contributed by atoms with Gasteiger partial charge in [-0.15, -0.1) is 5.10 Å². The molecule has 0 aliphatic carbocycles. The van der Waals surface area contributed by atoms with Crippen molar-refractivity contribution in [1.29, 1.82) is 0 Å². The van der Waals surface area contributed by atoms with E-state index < -0.39 is 18.5 Å². The van der Waals surface area contributed by atoms with Gasteiger partial charge < -0.3 is 19.7 Å². The zero-order chi connectivity index (χ0) is 22.4. The van der Waals surface area contributed by atoms with Crippen LogP contribution in [0.25, 0.3) is 6.08 Å². The second-order valence-electron chi connectivity index (χ2n) is 8.74. The maximum absolute atomic E-state index is 10.1. The number of nitrogens with one attached hydrogen (secondary N) is 1. The molecule has 0 amide bonds. The summed E-state index contributed by atoms with van der Waals surface area (Å²) in [4.78, 5) is 0. The van der Waals surface area contributed by atoms with E-state index in [9.17, 15) is 10.2 Å². The van der Waals surface area contributed by atoms with Crippen LogP contribution in [0.4, 0.5) is 0 Å². The summed E-state index contributed by atoms with van der Waals surface area (Å²) in [7, 11) is 0. The Morgan fingerprint density at radius 2 is 2.13 bits per heavy atom. The molecule has 6 nitrogen and oxygen atoms in total. The van der Waals surface area contributed by atoms with Gasteiger partial charge in [-0.1, -0.05) is 57.5 Å². The third-order valence-electron chi connectivity index (χ3n) is 5.73. The van der Waals surface area contributed by atoms with E-state index in [0.717, 1.165) is 24.1 Å². The molecular weight excluding hydrogens is 392 g/mol. The predicted octanol–water partition coefficient (Wildman–Crippen LogP) is 4.48. The smallest absolute Gasteiger partial charge is 0.238 e. The first kappa shape index (κ1) is 23.5. The SMILES string of the molecule is CCC/C=C/c1ccc(Cc2c(OC3CC(O)CC(CO)O3)n[nH]c2C(C)C)c(C)c1. The minimum Gasteiger partial charge on any atom is -0.446 e. The van der Waals surface area contributed by atoms with Gasteiger partial charge in [0.15, 0.2) is 0 Å². The number of aromatic amines is 1. The molecule has 1 aromatic carbocycles. The number of hydrogen-bond donors (Lipinski definition) is 3. The van der Waals surface area contributed by atoms with Crippen molar-refractivity contribution in [3.8, 4) is 5.88 Å². The van der Waals surface area contributed by atoms with E-state index >= 15 is 0 Å². The van der Waals surface area contributed by atoms with Crippen LogP contribution in [0.2, 0.25) is 0 Å². The first-order chi connectivity index (χ1) is 14.9. The minimum atomic E-state index is -0.630. The number of hydrogen-bond acceptors (Lipinski definition) is 5. The molecule has 2 aromatic rings. The van der Waals surface area contributed by atoms with Gasteiger partial charge in [0.05, 0.1) is 18.8 Å². The standard InChI is InChI=1S/C25H36N2O4/c1-5-6-7-8-18-9-10-19(17(4)11-18)12-22-24(16(2)3)26-27-25(22)31-23-14-20(29)13-21(15-28)30-23/h7-11,16,20-21,23,28-29H,5-6,12-15H2,1-4H3,(H,26,27)/b8-7+. The van der Waals surface area contributed by atoms with E-state index in [2.05, 4.69) is 68.2 Å². The van der Waals surface area contributed by atoms with E-state index in [4.69, 9.17) is 9.47 Å². The highest BCUT2D eigenvalue weighted by Crippen LogP contribution is 2.31. The Balaban J connectivity index is 1.81. The number of aliphatic hydroxyl groups excluding tert-OH is 2. The highest BCUT2D eigenvalue weighted by atomic mass is 16.7. The number of rotatable bonds is 9. The molecule has 0 radical (unpaired) electrons. The van der Waals surface area contributed by atoms with E-state index in [1.807, 2.05) is 0 Å². The minimum absolute atomic E-state index is 0.139. The summed E-state index contributed by atoms with van der Waals surface area (Å²) in [6.07, 6.45) is 6.49. The lowest BCUT2D eigenvalue weighted by atomic mass is 9.95. The van der Waals surface area contributed by atoms with Gasteiger partial charge in [0.1, 0.15) is 0 Å². The van der Waals surface area contributed by atoms with Crippen LogP contribution < -0.4 is 4.74 Å². The third kappa shape index (κ3) is 6.19. The van der Waals surface area contributed by atoms with Crippen LogP contribution in [-0.4, -0.2) is 45.5 Å². The fourth-order valence-electron chi connectivity index (χ4n) is 3.97. The molecule has 1 fully saturated rings. The molecule has 3 atom stereocenters. The molecule has 1 aromatic heterocycles. The van der Waals surface area contributed by atoms with Gasteiger partial charge >= 0.3 is 0 Å². The number of aromatic nitrogens is 2. The van der Waals surface area contributed by atoms with Crippen LogP contribution in [0.5, 0.6) is 5.88 Å². The predicted molar refractivity (Wildman–Crippen MR) is 122 cm³/mol. The summed E-state index contributed by atoms with van der Waals surface area (Å²) in [5.41, 5.74) is 5.71. The Labute approximate surface area is 185 Å². The fraction of sp³-hybridized carbons (Fsp3) is 0.560. The second-order valence-corrected chi connectivity index (χ2v) is 8.74. The van der Waals surface area contributed by atoms with Gasteiger partial charge in [-0.25, -0.2) is 0 Å². The molecule has 0 saturated carbocycles. The number of aryl methyl sites for hydroxylation is 1. The molecule has 3 rings (SSSR count). The van der Waals surface area contributed by atoms with Crippen LogP contribution >= 0.6 is 0 Å². The average Bonchev–Trinajstić information content (AvgIpc) is 3.12. The summed E-state index contributed by atoms with van der Waals surface area (Å²) in [6.45, 7) is 8.42. The summed E-state index contributed by atoms with van der Waals surface area (Å²) in [5, 5.41) is 27.1. The summed E-state index contributed by atoms with van der Waals surface area (Å²) in [5.74, 6) is 0.769. The maximum Gasteiger partial charge on any atom is 0.238 e. The van der Waals surface area contributed by atoms with Crippen LogP contribution in [0.1, 0.15) is 80.3 Å². The van der Waals surface area contributed by atoms with Crippen LogP contribution in [-0.2, 0) is 11.2 Å². The van der Waals surface area contributed by atoms with Crippen LogP contribution in [0.3, 0.4) is 0 Å². The van der Waals surface area contributed by atoms with Gasteiger partial charge in [-0.05, 0) is 36.0 Å². The van der Waals surface area contributed by atoms with Crippen molar-refractivity contribution in [2.45, 2.75) is 84.2 Å². The molecule has 0 bridgehead atoms. The summed E-state index contributed by atoms with van der Waals surface area (Å²) < 4.78 is 11.9. The lowest BCUT2D eigenvalue weighted by Crippen LogP contribution is -2.40. The topological polar surface area (TPSA) is 87.6 Å². The fourth-order valence-corrected chi connectivity index (χ4v) is 3.97. The van der Waals surface area contributed by atoms with Crippen molar-refractivity contribution < 1.29 is 19.7 Å². The van der Waals surface area contributed by atoms with Crippen molar-refractivity contribution in [3.05, 3.63) is 52.2 Å². The van der Waals surface area contributed by atoms with Crippen molar-refractivity contribution in [1.82, 2.24) is 10.2 Å². The van der Waals surface area contributed by atoms with Crippen molar-refractivity contribution in [3.63, 3.8) is 0 Å². The Hall–Kier alpha value is -2.15. The first-order valence-electron chi connectivity index (χ1n) is 11.3. The number of unbranched alkanes of at least 4 members (excludes halogenated alkanes) is 1. The zero-order valence-corrected chi connectivity index (χ0v) is 19.1. The second kappa shape index (κ2) is 10.9. The Morgan fingerprint density at radius 1 is 1.32 bits per heavy atom. The largest absolute Gasteiger partial charge is 0.446 e. The van der Waals surface area contributed by atoms with Crippen LogP contribution in [0, 0.1) is 6.92 Å². The molecule has 31 heavy (non-hydrogen) atoms. The first-order valence-corrected chi connectivity index (χ1v) is 11.3. The Kier molecular flexibility index (Phi) is 8.29. The molecule has 3 N–H and O–H groups in total. The number of allylic oxidation sites excluding steroid dienone is 1. The lowest BCUT2D eigenvalue weighted by Gasteiger charge is -2.31. The van der Waals surface area contributed by atoms with Gasteiger partial charge in [0, 0.05) is 30.5 Å². The Morgan fingerprint density at radius 3 is 2.81 bits per heavy atom. The van der Waals surface area contributed by atoms with E-state index in [1.165, 1.54) is 16.7 Å². The van der Waals surface area contributed by atoms with Gasteiger partial charge in [0.25, 0.3) is 0 Å². The molecule has 170 valence electrons. The maximum atomic E-state index is 10.1. The molecule has 3 unspecified atom stereocenters. The highest BCUT2D eigenvalue weighted by Gasteiger charge is 2.31. The highest BCUT2D eigenvalue weighted by molar-refractivity contribution is 5.52. The molecule has 1 aliphatic heterocycles. The molecular formula is C25H36N2O4. The van der Waals surface area contributed by atoms with Gasteiger partial charge in [-0.2, -0.15) is 0 Å². The molecule has 2 heterocycles. The number of H-pyrrole nitrogens is 1. The Bertz CT molecular complexity index is 874. The molecule has 1 aliphatic rings. The zero-order valence-electron chi connectivity index (χ0n) is 19.1. The van der Waals surface area contributed by atoms with Gasteiger partial charge in [0.2, 0.25) is 12.2 Å². The number of ether oxygens (including phenoxy) is 2.